The van der Waals surface area contributed by atoms with E-state index in [0.717, 1.165) is 30.7 Å². The summed E-state index contributed by atoms with van der Waals surface area (Å²) in [4.78, 5) is 12.1. The number of halogens is 1. The average Bonchev–Trinajstić information content (AvgIpc) is 2.80. The number of ether oxygens (including phenoxy) is 1. The quantitative estimate of drug-likeness (QED) is 0.762. The van der Waals surface area contributed by atoms with E-state index in [0.29, 0.717) is 5.92 Å². The highest BCUT2D eigenvalue weighted by atomic mass is 19.1. The van der Waals surface area contributed by atoms with Gasteiger partial charge in [0.2, 0.25) is 0 Å². The van der Waals surface area contributed by atoms with E-state index in [-0.39, 0.29) is 23.6 Å². The molecule has 0 aliphatic heterocycles. The van der Waals surface area contributed by atoms with Gasteiger partial charge < -0.3 is 4.74 Å². The highest BCUT2D eigenvalue weighted by molar-refractivity contribution is 5.74. The maximum absolute atomic E-state index is 13.0. The third-order valence-corrected chi connectivity index (χ3v) is 4.88. The van der Waals surface area contributed by atoms with E-state index >= 15 is 0 Å². The van der Waals surface area contributed by atoms with Gasteiger partial charge in [-0.25, -0.2) is 4.39 Å². The van der Waals surface area contributed by atoms with Gasteiger partial charge in [0.25, 0.3) is 0 Å². The Morgan fingerprint density at radius 2 is 1.95 bits per heavy atom. The molecule has 2 fully saturated rings. The molecule has 1 aromatic carbocycles. The number of rotatable bonds is 2. The molecular weight excluding hydrogens is 243 g/mol. The number of carbonyl (C=O) groups excluding carboxylic acids is 1. The number of carbonyl (C=O) groups is 1. The van der Waals surface area contributed by atoms with Crippen LogP contribution in [-0.2, 0) is 9.53 Å². The predicted molar refractivity (Wildman–Crippen MR) is 70.1 cm³/mol. The summed E-state index contributed by atoms with van der Waals surface area (Å²) < 4.78 is 18.1. The zero-order valence-electron chi connectivity index (χ0n) is 11.1. The lowest BCUT2D eigenvalue weighted by Gasteiger charge is -2.35. The second-order valence-corrected chi connectivity index (χ2v) is 5.88. The van der Waals surface area contributed by atoms with Crippen molar-refractivity contribution in [3.63, 3.8) is 0 Å². The minimum absolute atomic E-state index is 0.0470. The highest BCUT2D eigenvalue weighted by Crippen LogP contribution is 2.52. The zero-order chi connectivity index (χ0) is 13.4. The summed E-state index contributed by atoms with van der Waals surface area (Å²) in [7, 11) is 1.46. The van der Waals surface area contributed by atoms with Crippen LogP contribution in [0.1, 0.15) is 37.2 Å². The van der Waals surface area contributed by atoms with Crippen molar-refractivity contribution in [1.82, 2.24) is 0 Å². The SMILES string of the molecule is COC(=O)C1C2CC[C@H](C2)C[C@H]1c1ccc(F)cc1. The molecule has 0 N–H and O–H groups in total. The van der Waals surface area contributed by atoms with Crippen molar-refractivity contribution in [3.05, 3.63) is 35.6 Å². The van der Waals surface area contributed by atoms with Gasteiger partial charge in [-0.2, -0.15) is 0 Å². The number of hydrogen-bond donors (Lipinski definition) is 0. The van der Waals surface area contributed by atoms with E-state index in [4.69, 9.17) is 4.74 Å². The van der Waals surface area contributed by atoms with Crippen LogP contribution in [0.25, 0.3) is 0 Å². The minimum Gasteiger partial charge on any atom is -0.469 e. The van der Waals surface area contributed by atoms with Crippen LogP contribution in [0.15, 0.2) is 24.3 Å². The highest BCUT2D eigenvalue weighted by Gasteiger charge is 2.46. The molecule has 0 amide bonds. The second kappa shape index (κ2) is 4.95. The molecule has 0 heterocycles. The molecule has 0 aromatic heterocycles. The van der Waals surface area contributed by atoms with Gasteiger partial charge in [0.15, 0.2) is 0 Å². The van der Waals surface area contributed by atoms with Crippen molar-refractivity contribution < 1.29 is 13.9 Å². The summed E-state index contributed by atoms with van der Waals surface area (Å²) in [6.45, 7) is 0. The molecule has 0 spiro atoms. The Morgan fingerprint density at radius 1 is 1.21 bits per heavy atom. The molecule has 0 saturated heterocycles. The van der Waals surface area contributed by atoms with Crippen molar-refractivity contribution in [3.8, 4) is 0 Å². The summed E-state index contributed by atoms with van der Waals surface area (Å²) in [6.07, 6.45) is 4.53. The molecule has 102 valence electrons. The molecule has 2 nitrogen and oxygen atoms in total. The van der Waals surface area contributed by atoms with Gasteiger partial charge in [-0.05, 0) is 54.7 Å². The predicted octanol–water partition coefficient (Wildman–Crippen LogP) is 3.52. The fourth-order valence-electron chi connectivity index (χ4n) is 4.03. The number of esters is 1. The van der Waals surface area contributed by atoms with Gasteiger partial charge >= 0.3 is 5.97 Å². The van der Waals surface area contributed by atoms with Crippen LogP contribution in [0.4, 0.5) is 4.39 Å². The second-order valence-electron chi connectivity index (χ2n) is 5.88. The number of benzene rings is 1. The van der Waals surface area contributed by atoms with E-state index < -0.39 is 0 Å². The third kappa shape index (κ3) is 2.26. The van der Waals surface area contributed by atoms with Gasteiger partial charge in [-0.1, -0.05) is 18.6 Å². The Bertz CT molecular complexity index is 468. The lowest BCUT2D eigenvalue weighted by atomic mass is 9.69. The molecule has 2 aliphatic carbocycles. The minimum atomic E-state index is -0.225. The standard InChI is InChI=1S/C16H19FO2/c1-19-16(18)15-12-3-2-10(8-12)9-14(15)11-4-6-13(17)7-5-11/h4-7,10,12,14-15H,2-3,8-9H2,1H3/t10-,12?,14+,15?/m1/s1. The Labute approximate surface area is 113 Å². The maximum Gasteiger partial charge on any atom is 0.309 e. The van der Waals surface area contributed by atoms with Gasteiger partial charge in [-0.3, -0.25) is 4.79 Å². The molecule has 2 unspecified atom stereocenters. The van der Waals surface area contributed by atoms with Gasteiger partial charge in [-0.15, -0.1) is 0 Å². The van der Waals surface area contributed by atoms with Gasteiger partial charge in [0.1, 0.15) is 5.82 Å². The Hall–Kier alpha value is -1.38. The van der Waals surface area contributed by atoms with Crippen LogP contribution in [0.5, 0.6) is 0 Å². The van der Waals surface area contributed by atoms with Gasteiger partial charge in [0.05, 0.1) is 13.0 Å². The summed E-state index contributed by atoms with van der Waals surface area (Å²) in [5, 5.41) is 0. The largest absolute Gasteiger partial charge is 0.469 e. The van der Waals surface area contributed by atoms with Crippen LogP contribution in [0.2, 0.25) is 0 Å². The smallest absolute Gasteiger partial charge is 0.309 e. The fourth-order valence-corrected chi connectivity index (χ4v) is 4.03. The van der Waals surface area contributed by atoms with E-state index in [9.17, 15) is 9.18 Å². The fraction of sp³-hybridized carbons (Fsp3) is 0.562. The van der Waals surface area contributed by atoms with Crippen LogP contribution in [0, 0.1) is 23.6 Å². The van der Waals surface area contributed by atoms with Gasteiger partial charge in [0, 0.05) is 0 Å². The summed E-state index contributed by atoms with van der Waals surface area (Å²) in [6, 6.07) is 6.61. The zero-order valence-corrected chi connectivity index (χ0v) is 11.1. The molecular formula is C16H19FO2. The lowest BCUT2D eigenvalue weighted by molar-refractivity contribution is -0.149. The summed E-state index contributed by atoms with van der Waals surface area (Å²) >= 11 is 0. The Morgan fingerprint density at radius 3 is 2.63 bits per heavy atom. The molecule has 2 aliphatic rings. The molecule has 19 heavy (non-hydrogen) atoms. The van der Waals surface area contributed by atoms with E-state index in [1.807, 2.05) is 12.1 Å². The first-order valence-corrected chi connectivity index (χ1v) is 7.02. The number of fused-ring (bicyclic) bond motifs is 2. The van der Waals surface area contributed by atoms with Crippen LogP contribution >= 0.6 is 0 Å². The van der Waals surface area contributed by atoms with E-state index in [1.165, 1.54) is 25.7 Å². The van der Waals surface area contributed by atoms with Crippen molar-refractivity contribution in [2.45, 2.75) is 31.6 Å². The molecule has 1 aromatic rings. The summed E-state index contributed by atoms with van der Waals surface area (Å²) in [5.74, 6) is 0.993. The first-order valence-electron chi connectivity index (χ1n) is 7.02. The number of hydrogen-bond acceptors (Lipinski definition) is 2. The molecule has 3 rings (SSSR count). The van der Waals surface area contributed by atoms with E-state index in [2.05, 4.69) is 0 Å². The summed E-state index contributed by atoms with van der Waals surface area (Å²) in [5.41, 5.74) is 1.08. The molecule has 2 saturated carbocycles. The monoisotopic (exact) mass is 262 g/mol. The molecule has 2 bridgehead atoms. The first kappa shape index (κ1) is 12.6. The maximum atomic E-state index is 13.0. The topological polar surface area (TPSA) is 26.3 Å². The van der Waals surface area contributed by atoms with Crippen LogP contribution in [0.3, 0.4) is 0 Å². The van der Waals surface area contributed by atoms with Crippen molar-refractivity contribution in [2.24, 2.45) is 17.8 Å². The normalized spacial score (nSPS) is 33.2. The van der Waals surface area contributed by atoms with Crippen molar-refractivity contribution in [2.75, 3.05) is 7.11 Å². The average molecular weight is 262 g/mol. The number of methoxy groups -OCH3 is 1. The van der Waals surface area contributed by atoms with Crippen molar-refractivity contribution >= 4 is 5.97 Å². The van der Waals surface area contributed by atoms with Crippen molar-refractivity contribution in [1.29, 1.82) is 0 Å². The Balaban J connectivity index is 1.92. The van der Waals surface area contributed by atoms with Crippen LogP contribution in [-0.4, -0.2) is 13.1 Å². The Kier molecular flexibility index (Phi) is 3.29. The molecule has 3 heteroatoms. The third-order valence-electron chi connectivity index (χ3n) is 4.88. The van der Waals surface area contributed by atoms with Crippen LogP contribution < -0.4 is 0 Å². The lowest BCUT2D eigenvalue weighted by Crippen LogP contribution is -2.33. The molecule has 4 atom stereocenters. The molecule has 0 radical (unpaired) electrons. The first-order chi connectivity index (χ1) is 9.19. The van der Waals surface area contributed by atoms with E-state index in [1.54, 1.807) is 0 Å².